The van der Waals surface area contributed by atoms with Crippen molar-refractivity contribution in [2.75, 3.05) is 12.3 Å². The van der Waals surface area contributed by atoms with Gasteiger partial charge in [-0.25, -0.2) is 9.36 Å². The van der Waals surface area contributed by atoms with Crippen LogP contribution in [0.25, 0.3) is 10.4 Å². The lowest BCUT2D eigenvalue weighted by Gasteiger charge is -2.29. The van der Waals surface area contributed by atoms with Gasteiger partial charge in [0.1, 0.15) is 36.4 Å². The first-order chi connectivity index (χ1) is 20.9. The molecule has 0 radical (unpaired) electrons. The van der Waals surface area contributed by atoms with Crippen LogP contribution in [0.1, 0.15) is 18.7 Å². The van der Waals surface area contributed by atoms with Gasteiger partial charge in [-0.2, -0.15) is 10.1 Å². The molecule has 1 aromatic heterocycles. The van der Waals surface area contributed by atoms with Crippen LogP contribution in [0, 0.1) is 0 Å². The Morgan fingerprint density at radius 2 is 2.00 bits per heavy atom. The Morgan fingerprint density at radius 3 is 2.66 bits per heavy atom. The van der Waals surface area contributed by atoms with Crippen LogP contribution in [0.4, 0.5) is 5.82 Å². The molecule has 44 heavy (non-hydrogen) atoms. The zero-order chi connectivity index (χ0) is 32.1. The van der Waals surface area contributed by atoms with Crippen molar-refractivity contribution < 1.29 is 38.1 Å². The molecule has 5 N–H and O–H groups in total. The Balaban J connectivity index is 1.59. The number of nitrogens with one attached hydrogen (secondary N) is 1. The average molecular weight is 670 g/mol. The Hall–Kier alpha value is -3.69. The van der Waals surface area contributed by atoms with Crippen LogP contribution in [0.3, 0.4) is 0 Å². The predicted molar refractivity (Wildman–Crippen MR) is 156 cm³/mol. The van der Waals surface area contributed by atoms with Crippen LogP contribution < -0.4 is 21.0 Å². The van der Waals surface area contributed by atoms with Crippen molar-refractivity contribution in [2.24, 2.45) is 5.11 Å². The maximum atomic E-state index is 14.0. The van der Waals surface area contributed by atoms with E-state index < -0.39 is 56.2 Å². The second kappa shape index (κ2) is 13.9. The molecule has 4 rings (SSSR count). The normalized spacial score (nSPS) is 23.2. The van der Waals surface area contributed by atoms with Crippen LogP contribution in [0.2, 0.25) is 10.0 Å². The molecule has 1 unspecified atom stereocenters. The van der Waals surface area contributed by atoms with E-state index in [4.69, 9.17) is 47.5 Å². The Bertz CT molecular complexity index is 1660. The summed E-state index contributed by atoms with van der Waals surface area (Å²) < 4.78 is 36.9. The van der Waals surface area contributed by atoms with Crippen molar-refractivity contribution in [3.8, 4) is 5.75 Å². The van der Waals surface area contributed by atoms with Gasteiger partial charge < -0.3 is 29.9 Å². The van der Waals surface area contributed by atoms with Gasteiger partial charge in [0.05, 0.1) is 16.7 Å². The third-order valence-electron chi connectivity index (χ3n) is 6.23. The monoisotopic (exact) mass is 669 g/mol. The maximum Gasteiger partial charge on any atom is 0.459 e. The summed E-state index contributed by atoms with van der Waals surface area (Å²) in [7, 11) is -4.66. The largest absolute Gasteiger partial charge is 0.460 e. The summed E-state index contributed by atoms with van der Waals surface area (Å²) in [5.41, 5.74) is 12.1. The van der Waals surface area contributed by atoms with Crippen molar-refractivity contribution in [3.63, 3.8) is 0 Å². The molecule has 0 aliphatic carbocycles. The fraction of sp³-hybridized carbons (Fsp3) is 0.320. The highest BCUT2D eigenvalue weighted by Gasteiger charge is 2.56. The summed E-state index contributed by atoms with van der Waals surface area (Å²) in [5, 5.41) is 27.7. The number of aliphatic hydroxyl groups excluding tert-OH is 2. The zero-order valence-corrected chi connectivity index (χ0v) is 25.2. The summed E-state index contributed by atoms with van der Waals surface area (Å²) in [4.78, 5) is 31.3. The van der Waals surface area contributed by atoms with Crippen molar-refractivity contribution in [3.05, 3.63) is 97.3 Å². The van der Waals surface area contributed by atoms with Gasteiger partial charge in [0, 0.05) is 17.2 Å². The Kier molecular flexibility index (Phi) is 10.5. The van der Waals surface area contributed by atoms with E-state index in [1.807, 2.05) is 0 Å². The summed E-state index contributed by atoms with van der Waals surface area (Å²) in [6.07, 6.45) is -4.36. The molecule has 2 aromatic carbocycles. The van der Waals surface area contributed by atoms with Crippen molar-refractivity contribution in [1.29, 1.82) is 0 Å². The molecule has 0 spiro atoms. The molecule has 0 saturated carbocycles. The number of carbonyl (C=O) groups excluding carboxylic acids is 1. The van der Waals surface area contributed by atoms with Crippen LogP contribution in [0.15, 0.2) is 70.7 Å². The van der Waals surface area contributed by atoms with E-state index in [1.165, 1.54) is 31.2 Å². The van der Waals surface area contributed by atoms with E-state index in [9.17, 15) is 29.9 Å². The van der Waals surface area contributed by atoms with E-state index in [2.05, 4.69) is 20.1 Å². The lowest BCUT2D eigenvalue weighted by atomic mass is 10.1. The number of aliphatic hydroxyl groups is 2. The number of nitrogen functional groups attached to an aromatic ring is 1. The number of rotatable bonds is 12. The van der Waals surface area contributed by atoms with Gasteiger partial charge in [0.2, 0.25) is 5.72 Å². The summed E-state index contributed by atoms with van der Waals surface area (Å²) in [5.74, 6) is -1.06. The standard InChI is InChI=1S/C25H26Cl2N7O9P/c1-14(23(37)40-12-15-5-3-2-4-6-15)31-44(39,43-16-7-8-17(26)18(27)11-16)41-13-25(32-33-29)21(36)20(35)22(42-25)34-10-9-19(28)30-24(34)38/h2-11,14,20-22,35-36H,12-13H2,1H3,(H,31,39)(H2,28,30,38)/t14-,20+,21-,22+,25+,44?/m0/s1. The fourth-order valence-corrected chi connectivity index (χ4v) is 5.80. The molecule has 0 bridgehead atoms. The van der Waals surface area contributed by atoms with Crippen molar-refractivity contribution >= 4 is 42.7 Å². The van der Waals surface area contributed by atoms with Gasteiger partial charge >= 0.3 is 19.4 Å². The molecule has 0 amide bonds. The minimum Gasteiger partial charge on any atom is -0.460 e. The lowest BCUT2D eigenvalue weighted by Crippen LogP contribution is -2.45. The smallest absolute Gasteiger partial charge is 0.459 e. The molecule has 1 aliphatic heterocycles. The van der Waals surface area contributed by atoms with Gasteiger partial charge in [0.15, 0.2) is 6.23 Å². The number of halogens is 2. The van der Waals surface area contributed by atoms with Gasteiger partial charge in [-0.3, -0.25) is 13.9 Å². The average Bonchev–Trinajstić information content (AvgIpc) is 3.23. The predicted octanol–water partition coefficient (Wildman–Crippen LogP) is 3.31. The second-order valence-electron chi connectivity index (χ2n) is 9.40. The highest BCUT2D eigenvalue weighted by atomic mass is 35.5. The van der Waals surface area contributed by atoms with Crippen LogP contribution in [-0.2, 0) is 30.0 Å². The molecule has 3 aromatic rings. The first kappa shape index (κ1) is 33.2. The number of esters is 1. The van der Waals surface area contributed by atoms with E-state index in [1.54, 1.807) is 30.3 Å². The molecule has 19 heteroatoms. The first-order valence-electron chi connectivity index (χ1n) is 12.7. The number of ether oxygens (including phenoxy) is 2. The van der Waals surface area contributed by atoms with Crippen molar-refractivity contribution in [2.45, 2.75) is 43.7 Å². The second-order valence-corrected chi connectivity index (χ2v) is 11.9. The van der Waals surface area contributed by atoms with Crippen LogP contribution in [0.5, 0.6) is 5.75 Å². The van der Waals surface area contributed by atoms with Crippen LogP contribution in [-0.4, -0.2) is 56.3 Å². The number of nitrogens with two attached hydrogens (primary N) is 1. The van der Waals surface area contributed by atoms with E-state index >= 15 is 0 Å². The SMILES string of the molecule is C[C@H](NP(=O)(OC[C@@]1(N=[N+]=[N-])O[C@@H](n2ccc(N)nc2=O)[C@H](O)[C@@H]1O)Oc1ccc(Cl)c(Cl)c1)C(=O)OCc1ccccc1. The molecule has 1 fully saturated rings. The minimum absolute atomic E-state index is 0.0413. The topological polar surface area (TPSA) is 233 Å². The third-order valence-corrected chi connectivity index (χ3v) is 8.59. The quantitative estimate of drug-likeness (QED) is 0.0715. The summed E-state index contributed by atoms with van der Waals surface area (Å²) >= 11 is 12.0. The first-order valence-corrected chi connectivity index (χ1v) is 15.0. The van der Waals surface area contributed by atoms with Gasteiger partial charge in [0.25, 0.3) is 0 Å². The molecule has 16 nitrogen and oxygen atoms in total. The van der Waals surface area contributed by atoms with Crippen molar-refractivity contribution in [1.82, 2.24) is 14.6 Å². The number of azide groups is 1. The molecule has 1 aliphatic rings. The molecule has 234 valence electrons. The van der Waals surface area contributed by atoms with Crippen LogP contribution >= 0.6 is 30.9 Å². The number of anilines is 1. The van der Waals surface area contributed by atoms with Gasteiger partial charge in [-0.05, 0) is 36.2 Å². The lowest BCUT2D eigenvalue weighted by molar-refractivity contribution is -0.146. The number of hydrogen-bond acceptors (Lipinski definition) is 12. The summed E-state index contributed by atoms with van der Waals surface area (Å²) in [6, 6.07) is 12.6. The molecule has 1 saturated heterocycles. The molecular weight excluding hydrogens is 644 g/mol. The molecule has 2 heterocycles. The Labute approximate surface area is 259 Å². The number of carbonyl (C=O) groups is 1. The number of hydrogen-bond donors (Lipinski definition) is 4. The van der Waals surface area contributed by atoms with Gasteiger partial charge in [-0.1, -0.05) is 58.6 Å². The fourth-order valence-electron chi connectivity index (χ4n) is 4.00. The van der Waals surface area contributed by atoms with E-state index in [-0.39, 0.29) is 28.2 Å². The highest BCUT2D eigenvalue weighted by Crippen LogP contribution is 2.49. The highest BCUT2D eigenvalue weighted by molar-refractivity contribution is 7.52. The number of benzene rings is 2. The molecular formula is C25H26Cl2N7O9P. The van der Waals surface area contributed by atoms with E-state index in [0.717, 1.165) is 10.8 Å². The van der Waals surface area contributed by atoms with Gasteiger partial charge in [-0.15, -0.1) is 0 Å². The third kappa shape index (κ3) is 7.68. The van der Waals surface area contributed by atoms with E-state index in [0.29, 0.717) is 5.56 Å². The minimum atomic E-state index is -4.66. The Morgan fingerprint density at radius 1 is 1.27 bits per heavy atom. The number of nitrogens with zero attached hydrogens (tertiary/aromatic N) is 5. The number of aromatic nitrogens is 2. The zero-order valence-electron chi connectivity index (χ0n) is 22.8. The summed E-state index contributed by atoms with van der Waals surface area (Å²) in [6.45, 7) is 0.232. The maximum absolute atomic E-state index is 14.0. The molecule has 6 atom stereocenters.